The normalized spacial score (nSPS) is 20.6. The second-order valence-electron chi connectivity index (χ2n) is 7.20. The van der Waals surface area contributed by atoms with Crippen LogP contribution in [0.3, 0.4) is 0 Å². The van der Waals surface area contributed by atoms with Crippen molar-refractivity contribution in [2.45, 2.75) is 31.7 Å². The van der Waals surface area contributed by atoms with Crippen LogP contribution in [-0.2, 0) is 24.3 Å². The highest BCUT2D eigenvalue weighted by molar-refractivity contribution is 5.92. The number of nitrogens with zero attached hydrogens (tertiary/aromatic N) is 2. The van der Waals surface area contributed by atoms with Gasteiger partial charge in [0.1, 0.15) is 36.6 Å². The van der Waals surface area contributed by atoms with Crippen LogP contribution in [0.5, 0.6) is 5.75 Å². The summed E-state index contributed by atoms with van der Waals surface area (Å²) in [5.74, 6) is 1.50. The molecule has 0 fully saturated rings. The van der Waals surface area contributed by atoms with Gasteiger partial charge in [0.05, 0.1) is 12.6 Å². The number of hydrogen-bond acceptors (Lipinski definition) is 4. The predicted molar refractivity (Wildman–Crippen MR) is 103 cm³/mol. The number of imidazole rings is 1. The van der Waals surface area contributed by atoms with Gasteiger partial charge in [-0.25, -0.2) is 4.98 Å². The molecule has 2 aliphatic heterocycles. The number of amides is 1. The molecule has 1 amide bonds. The smallest absolute Gasteiger partial charge is 0.271 e. The first-order chi connectivity index (χ1) is 13.8. The van der Waals surface area contributed by atoms with Crippen LogP contribution in [-0.4, -0.2) is 28.1 Å². The Balaban J connectivity index is 1.27. The lowest BCUT2D eigenvalue weighted by molar-refractivity contribution is 0.000488. The molecule has 142 valence electrons. The standard InChI is InChI=1S/C22H21N3O3/c26-22(23-17-10-16-8-4-5-9-19(16)27-13-17)18-11-25-12-20(28-14-21(25)24-18)15-6-2-1-3-7-15/h1-9,11,17,20H,10,12-14H2,(H,23,26). The lowest BCUT2D eigenvalue weighted by Crippen LogP contribution is -2.42. The molecular formula is C22H21N3O3. The molecule has 0 radical (unpaired) electrons. The highest BCUT2D eigenvalue weighted by atomic mass is 16.5. The van der Waals surface area contributed by atoms with Gasteiger partial charge in [0, 0.05) is 6.20 Å². The van der Waals surface area contributed by atoms with Crippen LogP contribution in [0.4, 0.5) is 0 Å². The van der Waals surface area contributed by atoms with E-state index in [9.17, 15) is 4.79 Å². The van der Waals surface area contributed by atoms with Crippen LogP contribution in [0.2, 0.25) is 0 Å². The summed E-state index contributed by atoms with van der Waals surface area (Å²) >= 11 is 0. The monoisotopic (exact) mass is 375 g/mol. The molecule has 2 aliphatic rings. The number of benzene rings is 2. The molecule has 0 aliphatic carbocycles. The summed E-state index contributed by atoms with van der Waals surface area (Å²) < 4.78 is 13.7. The summed E-state index contributed by atoms with van der Waals surface area (Å²) in [6, 6.07) is 18.0. The van der Waals surface area contributed by atoms with Gasteiger partial charge in [-0.05, 0) is 23.6 Å². The number of para-hydroxylation sites is 1. The maximum absolute atomic E-state index is 12.7. The van der Waals surface area contributed by atoms with E-state index in [0.29, 0.717) is 25.5 Å². The SMILES string of the molecule is O=C(NC1COc2ccccc2C1)c1cn2c(n1)COC(c1ccccc1)C2. The van der Waals surface area contributed by atoms with Crippen molar-refractivity contribution in [2.24, 2.45) is 0 Å². The molecule has 0 saturated heterocycles. The number of ether oxygens (including phenoxy) is 2. The van der Waals surface area contributed by atoms with E-state index in [4.69, 9.17) is 9.47 Å². The fourth-order valence-electron chi connectivity index (χ4n) is 3.79. The zero-order chi connectivity index (χ0) is 18.9. The Morgan fingerprint density at radius 1 is 1.11 bits per heavy atom. The Kier molecular flexibility index (Phi) is 4.33. The summed E-state index contributed by atoms with van der Waals surface area (Å²) in [6.07, 6.45) is 2.55. The number of nitrogens with one attached hydrogen (secondary N) is 1. The van der Waals surface area contributed by atoms with Crippen LogP contribution in [0.25, 0.3) is 0 Å². The van der Waals surface area contributed by atoms with E-state index in [0.717, 1.165) is 29.1 Å². The second-order valence-corrected chi connectivity index (χ2v) is 7.20. The summed E-state index contributed by atoms with van der Waals surface area (Å²) in [6.45, 7) is 1.52. The van der Waals surface area contributed by atoms with E-state index in [1.807, 2.05) is 53.2 Å². The lowest BCUT2D eigenvalue weighted by atomic mass is 10.0. The van der Waals surface area contributed by atoms with Gasteiger partial charge in [-0.15, -0.1) is 0 Å². The molecule has 3 heterocycles. The fourth-order valence-corrected chi connectivity index (χ4v) is 3.79. The number of hydrogen-bond donors (Lipinski definition) is 1. The van der Waals surface area contributed by atoms with Crippen molar-refractivity contribution in [1.29, 1.82) is 0 Å². The first-order valence-corrected chi connectivity index (χ1v) is 9.50. The van der Waals surface area contributed by atoms with Crippen molar-refractivity contribution in [3.05, 3.63) is 83.4 Å². The second kappa shape index (κ2) is 7.13. The van der Waals surface area contributed by atoms with Crippen molar-refractivity contribution >= 4 is 5.91 Å². The molecule has 1 aromatic heterocycles. The predicted octanol–water partition coefficient (Wildman–Crippen LogP) is 2.89. The molecule has 6 nitrogen and oxygen atoms in total. The third-order valence-electron chi connectivity index (χ3n) is 5.25. The Hall–Kier alpha value is -3.12. The van der Waals surface area contributed by atoms with Gasteiger partial charge in [-0.1, -0.05) is 48.5 Å². The first kappa shape index (κ1) is 17.0. The summed E-state index contributed by atoms with van der Waals surface area (Å²) in [4.78, 5) is 17.2. The summed E-state index contributed by atoms with van der Waals surface area (Å²) in [7, 11) is 0. The van der Waals surface area contributed by atoms with Gasteiger partial charge in [0.25, 0.3) is 5.91 Å². The maximum atomic E-state index is 12.7. The summed E-state index contributed by atoms with van der Waals surface area (Å²) in [5.41, 5.74) is 2.67. The van der Waals surface area contributed by atoms with Gasteiger partial charge in [-0.2, -0.15) is 0 Å². The number of rotatable bonds is 3. The average Bonchev–Trinajstić information content (AvgIpc) is 3.18. The molecular weight excluding hydrogens is 354 g/mol. The topological polar surface area (TPSA) is 65.4 Å². The van der Waals surface area contributed by atoms with E-state index >= 15 is 0 Å². The molecule has 0 bridgehead atoms. The maximum Gasteiger partial charge on any atom is 0.271 e. The van der Waals surface area contributed by atoms with Crippen LogP contribution >= 0.6 is 0 Å². The highest BCUT2D eigenvalue weighted by Crippen LogP contribution is 2.27. The number of carbonyl (C=O) groups is 1. The number of carbonyl (C=O) groups excluding carboxylic acids is 1. The molecule has 6 heteroatoms. The molecule has 28 heavy (non-hydrogen) atoms. The van der Waals surface area contributed by atoms with Gasteiger partial charge in [-0.3, -0.25) is 4.79 Å². The minimum atomic E-state index is -0.175. The van der Waals surface area contributed by atoms with Crippen LogP contribution < -0.4 is 10.1 Å². The lowest BCUT2D eigenvalue weighted by Gasteiger charge is -2.25. The van der Waals surface area contributed by atoms with Crippen LogP contribution in [0.15, 0.2) is 60.8 Å². The molecule has 0 saturated carbocycles. The van der Waals surface area contributed by atoms with Gasteiger partial charge in [0.2, 0.25) is 0 Å². The Bertz CT molecular complexity index is 999. The third-order valence-corrected chi connectivity index (χ3v) is 5.25. The van der Waals surface area contributed by atoms with Crippen molar-refractivity contribution in [1.82, 2.24) is 14.9 Å². The first-order valence-electron chi connectivity index (χ1n) is 9.50. The van der Waals surface area contributed by atoms with E-state index in [2.05, 4.69) is 22.4 Å². The molecule has 0 spiro atoms. The van der Waals surface area contributed by atoms with Crippen LogP contribution in [0, 0.1) is 0 Å². The van der Waals surface area contributed by atoms with Crippen molar-refractivity contribution < 1.29 is 14.3 Å². The number of aromatic nitrogens is 2. The van der Waals surface area contributed by atoms with Gasteiger partial charge >= 0.3 is 0 Å². The molecule has 3 aromatic rings. The van der Waals surface area contributed by atoms with E-state index < -0.39 is 0 Å². The van der Waals surface area contributed by atoms with Gasteiger partial charge < -0.3 is 19.4 Å². The van der Waals surface area contributed by atoms with Crippen LogP contribution in [0.1, 0.15) is 33.5 Å². The van der Waals surface area contributed by atoms with Gasteiger partial charge in [0.15, 0.2) is 0 Å². The molecule has 5 rings (SSSR count). The Morgan fingerprint density at radius 2 is 1.93 bits per heavy atom. The average molecular weight is 375 g/mol. The third kappa shape index (κ3) is 3.27. The Morgan fingerprint density at radius 3 is 2.82 bits per heavy atom. The molecule has 2 aromatic carbocycles. The van der Waals surface area contributed by atoms with E-state index in [1.54, 1.807) is 0 Å². The Labute approximate surface area is 163 Å². The number of fused-ring (bicyclic) bond motifs is 2. The minimum absolute atomic E-state index is 0.0259. The zero-order valence-corrected chi connectivity index (χ0v) is 15.4. The van der Waals surface area contributed by atoms with Crippen molar-refractivity contribution in [2.75, 3.05) is 6.61 Å². The quantitative estimate of drug-likeness (QED) is 0.765. The highest BCUT2D eigenvalue weighted by Gasteiger charge is 2.26. The molecule has 2 atom stereocenters. The van der Waals surface area contributed by atoms with E-state index in [1.165, 1.54) is 0 Å². The largest absolute Gasteiger partial charge is 0.491 e. The van der Waals surface area contributed by atoms with Crippen molar-refractivity contribution in [3.63, 3.8) is 0 Å². The fraction of sp³-hybridized carbons (Fsp3) is 0.273. The summed E-state index contributed by atoms with van der Waals surface area (Å²) in [5, 5.41) is 3.05. The van der Waals surface area contributed by atoms with E-state index in [-0.39, 0.29) is 18.1 Å². The molecule has 2 unspecified atom stereocenters. The minimum Gasteiger partial charge on any atom is -0.491 e. The molecule has 1 N–H and O–H groups in total. The zero-order valence-electron chi connectivity index (χ0n) is 15.4. The van der Waals surface area contributed by atoms with Crippen molar-refractivity contribution in [3.8, 4) is 5.75 Å².